The van der Waals surface area contributed by atoms with Crippen LogP contribution in [0.1, 0.15) is 12.8 Å². The van der Waals surface area contributed by atoms with Crippen molar-refractivity contribution in [2.75, 3.05) is 5.88 Å². The normalized spacial score (nSPS) is 17.0. The standard InChI is InChI=1S/C7H11Cl3O/c8-4-1-2-6(9)7(10)3-5-11/h3,5-7,11H,1-2,4H2. The van der Waals surface area contributed by atoms with Crippen LogP contribution in [0.25, 0.3) is 0 Å². The van der Waals surface area contributed by atoms with Crippen molar-refractivity contribution in [2.24, 2.45) is 0 Å². The molecule has 0 amide bonds. The second kappa shape index (κ2) is 7.08. The first-order valence-corrected chi connectivity index (χ1v) is 4.78. The lowest BCUT2D eigenvalue weighted by Gasteiger charge is -2.10. The molecule has 0 saturated heterocycles. The second-order valence-electron chi connectivity index (χ2n) is 2.13. The molecule has 0 saturated carbocycles. The Kier molecular flexibility index (Phi) is 7.34. The molecule has 0 spiro atoms. The molecule has 0 rings (SSSR count). The number of halogens is 3. The molecule has 11 heavy (non-hydrogen) atoms. The highest BCUT2D eigenvalue weighted by Gasteiger charge is 2.12. The predicted molar refractivity (Wildman–Crippen MR) is 51.0 cm³/mol. The van der Waals surface area contributed by atoms with Gasteiger partial charge in [-0.1, -0.05) is 0 Å². The van der Waals surface area contributed by atoms with Gasteiger partial charge in [0, 0.05) is 5.88 Å². The van der Waals surface area contributed by atoms with E-state index in [4.69, 9.17) is 39.9 Å². The summed E-state index contributed by atoms with van der Waals surface area (Å²) < 4.78 is 0. The zero-order valence-corrected chi connectivity index (χ0v) is 8.28. The third kappa shape index (κ3) is 5.66. The first-order chi connectivity index (χ1) is 5.22. The molecule has 0 radical (unpaired) electrons. The van der Waals surface area contributed by atoms with Crippen LogP contribution >= 0.6 is 34.8 Å². The number of alkyl halides is 3. The van der Waals surface area contributed by atoms with Crippen LogP contribution < -0.4 is 0 Å². The van der Waals surface area contributed by atoms with Gasteiger partial charge in [0.25, 0.3) is 0 Å². The van der Waals surface area contributed by atoms with Crippen LogP contribution in [0.15, 0.2) is 12.3 Å². The van der Waals surface area contributed by atoms with Gasteiger partial charge in [-0.15, -0.1) is 34.8 Å². The van der Waals surface area contributed by atoms with E-state index < -0.39 is 0 Å². The lowest BCUT2D eigenvalue weighted by Crippen LogP contribution is -2.12. The maximum atomic E-state index is 8.36. The first-order valence-electron chi connectivity index (χ1n) is 3.37. The fraction of sp³-hybridized carbons (Fsp3) is 0.714. The average molecular weight is 218 g/mol. The summed E-state index contributed by atoms with van der Waals surface area (Å²) in [7, 11) is 0. The largest absolute Gasteiger partial charge is 0.516 e. The van der Waals surface area contributed by atoms with E-state index >= 15 is 0 Å². The Bertz CT molecular complexity index is 116. The van der Waals surface area contributed by atoms with Gasteiger partial charge in [0.1, 0.15) is 0 Å². The highest BCUT2D eigenvalue weighted by atomic mass is 35.5. The van der Waals surface area contributed by atoms with Crippen LogP contribution in [-0.4, -0.2) is 21.7 Å². The molecule has 0 aliphatic carbocycles. The zero-order valence-electron chi connectivity index (χ0n) is 6.01. The molecule has 1 N–H and O–H groups in total. The Balaban J connectivity index is 3.54. The van der Waals surface area contributed by atoms with Gasteiger partial charge in [-0.2, -0.15) is 0 Å². The van der Waals surface area contributed by atoms with Gasteiger partial charge in [0.2, 0.25) is 0 Å². The topological polar surface area (TPSA) is 20.2 Å². The van der Waals surface area contributed by atoms with E-state index in [1.807, 2.05) is 0 Å². The van der Waals surface area contributed by atoms with Crippen molar-refractivity contribution in [3.05, 3.63) is 12.3 Å². The van der Waals surface area contributed by atoms with Gasteiger partial charge >= 0.3 is 0 Å². The van der Waals surface area contributed by atoms with Crippen LogP contribution in [0.5, 0.6) is 0 Å². The number of rotatable bonds is 5. The fourth-order valence-corrected chi connectivity index (χ4v) is 1.22. The summed E-state index contributed by atoms with van der Waals surface area (Å²) >= 11 is 17.0. The van der Waals surface area contributed by atoms with Gasteiger partial charge in [0.05, 0.1) is 17.0 Å². The van der Waals surface area contributed by atoms with Crippen molar-refractivity contribution in [1.29, 1.82) is 0 Å². The van der Waals surface area contributed by atoms with Crippen LogP contribution in [0, 0.1) is 0 Å². The van der Waals surface area contributed by atoms with Gasteiger partial charge in [-0.05, 0) is 18.9 Å². The van der Waals surface area contributed by atoms with E-state index in [9.17, 15) is 0 Å². The molecule has 4 heteroatoms. The van der Waals surface area contributed by atoms with Gasteiger partial charge in [0.15, 0.2) is 0 Å². The number of aliphatic hydroxyl groups excluding tert-OH is 1. The minimum atomic E-state index is -0.315. The van der Waals surface area contributed by atoms with Crippen LogP contribution in [0.2, 0.25) is 0 Å². The maximum Gasteiger partial charge on any atom is 0.0767 e. The third-order valence-electron chi connectivity index (χ3n) is 1.23. The van der Waals surface area contributed by atoms with Crippen LogP contribution in [0.3, 0.4) is 0 Å². The molecule has 0 aromatic carbocycles. The third-order valence-corrected chi connectivity index (χ3v) is 2.56. The molecule has 0 fully saturated rings. The predicted octanol–water partition coefficient (Wildman–Crippen LogP) is 3.29. The molecule has 2 atom stereocenters. The van der Waals surface area contributed by atoms with Crippen molar-refractivity contribution < 1.29 is 5.11 Å². The minimum absolute atomic E-state index is 0.154. The lowest BCUT2D eigenvalue weighted by atomic mass is 10.2. The van der Waals surface area contributed by atoms with E-state index in [1.165, 1.54) is 6.08 Å². The van der Waals surface area contributed by atoms with Crippen molar-refractivity contribution >= 4 is 34.8 Å². The molecule has 0 aromatic rings. The summed E-state index contributed by atoms with van der Waals surface area (Å²) in [6.07, 6.45) is 3.98. The second-order valence-corrected chi connectivity index (χ2v) is 3.58. The maximum absolute atomic E-state index is 8.36. The van der Waals surface area contributed by atoms with Crippen molar-refractivity contribution in [3.63, 3.8) is 0 Å². The Morgan fingerprint density at radius 1 is 1.36 bits per heavy atom. The Morgan fingerprint density at radius 3 is 2.45 bits per heavy atom. The summed E-state index contributed by atoms with van der Waals surface area (Å²) in [5.74, 6) is 0.593. The molecule has 66 valence electrons. The van der Waals surface area contributed by atoms with E-state index in [2.05, 4.69) is 0 Å². The van der Waals surface area contributed by atoms with E-state index in [-0.39, 0.29) is 10.8 Å². The summed E-state index contributed by atoms with van der Waals surface area (Å²) in [5, 5.41) is 7.89. The highest BCUT2D eigenvalue weighted by molar-refractivity contribution is 6.30. The van der Waals surface area contributed by atoms with E-state index in [0.717, 1.165) is 19.1 Å². The SMILES string of the molecule is OC=CC(Cl)C(Cl)CCCCl. The molecule has 0 aromatic heterocycles. The van der Waals surface area contributed by atoms with Crippen LogP contribution in [0.4, 0.5) is 0 Å². The Hall–Kier alpha value is 0.410. The van der Waals surface area contributed by atoms with Crippen molar-refractivity contribution in [1.82, 2.24) is 0 Å². The summed E-state index contributed by atoms with van der Waals surface area (Å²) in [6.45, 7) is 0. The number of hydrogen-bond donors (Lipinski definition) is 1. The Morgan fingerprint density at radius 2 is 2.00 bits per heavy atom. The summed E-state index contributed by atoms with van der Waals surface area (Å²) in [5.41, 5.74) is 0. The quantitative estimate of drug-likeness (QED) is 0.553. The minimum Gasteiger partial charge on any atom is -0.516 e. The molecule has 1 nitrogen and oxygen atoms in total. The molecule has 0 aliphatic heterocycles. The lowest BCUT2D eigenvalue weighted by molar-refractivity contribution is 0.470. The number of hydrogen-bond acceptors (Lipinski definition) is 1. The van der Waals surface area contributed by atoms with Crippen LogP contribution in [-0.2, 0) is 0 Å². The number of allylic oxidation sites excluding steroid dienone is 1. The summed E-state index contributed by atoms with van der Waals surface area (Å²) in [6, 6.07) is 0. The molecule has 0 heterocycles. The summed E-state index contributed by atoms with van der Waals surface area (Å²) in [4.78, 5) is 0. The highest BCUT2D eigenvalue weighted by Crippen LogP contribution is 2.16. The van der Waals surface area contributed by atoms with Gasteiger partial charge < -0.3 is 5.11 Å². The zero-order chi connectivity index (χ0) is 8.69. The average Bonchev–Trinajstić information content (AvgIpc) is 2.00. The molecule has 2 unspecified atom stereocenters. The van der Waals surface area contributed by atoms with Crippen molar-refractivity contribution in [3.8, 4) is 0 Å². The molecule has 0 aliphatic rings. The van der Waals surface area contributed by atoms with Gasteiger partial charge in [-0.25, -0.2) is 0 Å². The molecular formula is C7H11Cl3O. The number of aliphatic hydroxyl groups is 1. The first kappa shape index (κ1) is 11.4. The van der Waals surface area contributed by atoms with Crippen molar-refractivity contribution in [2.45, 2.75) is 23.6 Å². The Labute approximate surface area is 81.9 Å². The molecular weight excluding hydrogens is 206 g/mol. The van der Waals surface area contributed by atoms with E-state index in [1.54, 1.807) is 0 Å². The van der Waals surface area contributed by atoms with E-state index in [0.29, 0.717) is 5.88 Å². The fourth-order valence-electron chi connectivity index (χ4n) is 0.634. The monoisotopic (exact) mass is 216 g/mol. The van der Waals surface area contributed by atoms with Gasteiger partial charge in [-0.3, -0.25) is 0 Å². The smallest absolute Gasteiger partial charge is 0.0767 e. The molecule has 0 bridgehead atoms.